The van der Waals surface area contributed by atoms with Gasteiger partial charge in [-0.05, 0) is 23.3 Å². The van der Waals surface area contributed by atoms with Gasteiger partial charge in [-0.1, -0.05) is 48.0 Å². The van der Waals surface area contributed by atoms with Crippen molar-refractivity contribution in [3.8, 4) is 0 Å². The van der Waals surface area contributed by atoms with Crippen LogP contribution in [0.3, 0.4) is 0 Å². The number of halogens is 2. The van der Waals surface area contributed by atoms with Crippen LogP contribution < -0.4 is 5.32 Å². The van der Waals surface area contributed by atoms with Crippen molar-refractivity contribution in [3.63, 3.8) is 0 Å². The van der Waals surface area contributed by atoms with Gasteiger partial charge in [0.1, 0.15) is 0 Å². The fourth-order valence-corrected chi connectivity index (χ4v) is 3.98. The van der Waals surface area contributed by atoms with Crippen LogP contribution >= 0.6 is 23.2 Å². The minimum Gasteiger partial charge on any atom is -0.357 e. The number of alkyl halides is 1. The van der Waals surface area contributed by atoms with Gasteiger partial charge in [0, 0.05) is 40.0 Å². The van der Waals surface area contributed by atoms with Gasteiger partial charge in [-0.25, -0.2) is 0 Å². The summed E-state index contributed by atoms with van der Waals surface area (Å²) in [4.78, 5) is 3.55. The maximum Gasteiger partial charge on any atom is 0.0613 e. The summed E-state index contributed by atoms with van der Waals surface area (Å²) < 4.78 is 0. The largest absolute Gasteiger partial charge is 0.357 e. The molecular weight excluding hydrogens is 315 g/mol. The van der Waals surface area contributed by atoms with E-state index in [-0.39, 0.29) is 12.0 Å². The van der Waals surface area contributed by atoms with Gasteiger partial charge in [0.15, 0.2) is 0 Å². The Hall–Kier alpha value is -1.48. The number of hydrogen-bond acceptors (Lipinski definition) is 1. The molecular formula is C18H16Cl2N2. The second-order valence-electron chi connectivity index (χ2n) is 5.69. The van der Waals surface area contributed by atoms with Crippen LogP contribution in [0.4, 0.5) is 0 Å². The molecule has 2 aromatic carbocycles. The maximum absolute atomic E-state index is 6.45. The van der Waals surface area contributed by atoms with Crippen molar-refractivity contribution in [2.75, 3.05) is 12.4 Å². The summed E-state index contributed by atoms with van der Waals surface area (Å²) in [5, 5.41) is 5.62. The molecule has 2 N–H and O–H groups in total. The Morgan fingerprint density at radius 1 is 1.05 bits per heavy atom. The first-order chi connectivity index (χ1) is 10.8. The summed E-state index contributed by atoms with van der Waals surface area (Å²) in [5.41, 5.74) is 4.83. The number of H-pyrrole nitrogens is 1. The lowest BCUT2D eigenvalue weighted by molar-refractivity contribution is 0.506. The third kappa shape index (κ3) is 2.14. The van der Waals surface area contributed by atoms with Crippen LogP contribution in [0.5, 0.6) is 0 Å². The second kappa shape index (κ2) is 5.62. The molecule has 0 radical (unpaired) electrons. The Morgan fingerprint density at radius 3 is 2.64 bits per heavy atom. The van der Waals surface area contributed by atoms with Crippen molar-refractivity contribution in [3.05, 3.63) is 70.4 Å². The van der Waals surface area contributed by atoms with Crippen LogP contribution in [0, 0.1) is 0 Å². The topological polar surface area (TPSA) is 27.8 Å². The fourth-order valence-electron chi connectivity index (χ4n) is 3.45. The molecule has 0 saturated heterocycles. The van der Waals surface area contributed by atoms with E-state index in [0.29, 0.717) is 5.88 Å². The molecule has 4 rings (SSSR count). The molecule has 0 spiro atoms. The Morgan fingerprint density at radius 2 is 1.82 bits per heavy atom. The summed E-state index contributed by atoms with van der Waals surface area (Å²) in [7, 11) is 0. The molecule has 0 unspecified atom stereocenters. The Balaban J connectivity index is 1.96. The molecule has 1 aromatic heterocycles. The van der Waals surface area contributed by atoms with Crippen LogP contribution in [0.1, 0.15) is 28.8 Å². The normalized spacial score (nSPS) is 21.0. The SMILES string of the molecule is ClC[C@H]1NC[C@H](c2ccccc2Cl)c2c1[nH]c1ccccc21. The smallest absolute Gasteiger partial charge is 0.0613 e. The van der Waals surface area contributed by atoms with Gasteiger partial charge >= 0.3 is 0 Å². The third-order valence-electron chi connectivity index (χ3n) is 4.48. The van der Waals surface area contributed by atoms with E-state index in [1.807, 2.05) is 18.2 Å². The molecule has 3 aromatic rings. The molecule has 1 aliphatic rings. The van der Waals surface area contributed by atoms with Crippen LogP contribution in [-0.2, 0) is 0 Å². The van der Waals surface area contributed by atoms with Crippen molar-refractivity contribution < 1.29 is 0 Å². The van der Waals surface area contributed by atoms with Gasteiger partial charge in [0.25, 0.3) is 0 Å². The van der Waals surface area contributed by atoms with Crippen LogP contribution in [0.2, 0.25) is 5.02 Å². The number of hydrogen-bond donors (Lipinski definition) is 2. The van der Waals surface area contributed by atoms with E-state index in [0.717, 1.165) is 22.6 Å². The number of benzene rings is 2. The van der Waals surface area contributed by atoms with Crippen molar-refractivity contribution in [1.82, 2.24) is 10.3 Å². The van der Waals surface area contributed by atoms with Gasteiger partial charge in [0.2, 0.25) is 0 Å². The zero-order valence-electron chi connectivity index (χ0n) is 11.9. The van der Waals surface area contributed by atoms with Crippen molar-refractivity contribution in [2.45, 2.75) is 12.0 Å². The summed E-state index contributed by atoms with van der Waals surface area (Å²) in [6.07, 6.45) is 0. The summed E-state index contributed by atoms with van der Waals surface area (Å²) in [5.74, 6) is 0.786. The van der Waals surface area contributed by atoms with E-state index < -0.39 is 0 Å². The molecule has 0 saturated carbocycles. The molecule has 112 valence electrons. The average molecular weight is 331 g/mol. The number of aromatic nitrogens is 1. The van der Waals surface area contributed by atoms with E-state index in [9.17, 15) is 0 Å². The number of aromatic amines is 1. The minimum atomic E-state index is 0.155. The quantitative estimate of drug-likeness (QED) is 0.647. The fraction of sp³-hybridized carbons (Fsp3) is 0.222. The number of para-hydroxylation sites is 1. The van der Waals surface area contributed by atoms with Gasteiger partial charge in [-0.2, -0.15) is 0 Å². The zero-order chi connectivity index (χ0) is 15.1. The molecule has 0 fully saturated rings. The van der Waals surface area contributed by atoms with Crippen molar-refractivity contribution in [1.29, 1.82) is 0 Å². The van der Waals surface area contributed by atoms with Gasteiger partial charge in [-0.3, -0.25) is 0 Å². The minimum absolute atomic E-state index is 0.155. The molecule has 0 bridgehead atoms. The van der Waals surface area contributed by atoms with E-state index in [4.69, 9.17) is 23.2 Å². The summed E-state index contributed by atoms with van der Waals surface area (Å²) in [6.45, 7) is 0.843. The standard InChI is InChI=1S/C18H16Cl2N2/c19-9-16-18-17(12-6-2-4-8-15(12)22-18)13(10-21-16)11-5-1-3-7-14(11)20/h1-8,13,16,21-22H,9-10H2/t13-,16-/m1/s1. The lowest BCUT2D eigenvalue weighted by Gasteiger charge is -2.30. The average Bonchev–Trinajstić information content (AvgIpc) is 2.94. The molecule has 4 heteroatoms. The van der Waals surface area contributed by atoms with Crippen LogP contribution in [0.25, 0.3) is 10.9 Å². The maximum atomic E-state index is 6.45. The van der Waals surface area contributed by atoms with Gasteiger partial charge in [0.05, 0.1) is 6.04 Å². The predicted molar refractivity (Wildman–Crippen MR) is 93.1 cm³/mol. The van der Waals surface area contributed by atoms with Crippen molar-refractivity contribution in [2.24, 2.45) is 0 Å². The van der Waals surface area contributed by atoms with Crippen LogP contribution in [0.15, 0.2) is 48.5 Å². The highest BCUT2D eigenvalue weighted by atomic mass is 35.5. The Bertz CT molecular complexity index is 825. The van der Waals surface area contributed by atoms with E-state index in [2.05, 4.69) is 40.6 Å². The highest BCUT2D eigenvalue weighted by molar-refractivity contribution is 6.31. The van der Waals surface area contributed by atoms with E-state index in [1.54, 1.807) is 0 Å². The first-order valence-electron chi connectivity index (χ1n) is 7.44. The van der Waals surface area contributed by atoms with Crippen molar-refractivity contribution >= 4 is 34.1 Å². The number of nitrogens with one attached hydrogen (secondary N) is 2. The predicted octanol–water partition coefficient (Wildman–Crippen LogP) is 4.84. The molecule has 0 aliphatic carbocycles. The molecule has 0 amide bonds. The summed E-state index contributed by atoms with van der Waals surface area (Å²) in [6, 6.07) is 16.7. The molecule has 2 nitrogen and oxygen atoms in total. The van der Waals surface area contributed by atoms with Gasteiger partial charge < -0.3 is 10.3 Å². The van der Waals surface area contributed by atoms with Crippen LogP contribution in [-0.4, -0.2) is 17.4 Å². The third-order valence-corrected chi connectivity index (χ3v) is 5.13. The first kappa shape index (κ1) is 14.1. The molecule has 22 heavy (non-hydrogen) atoms. The van der Waals surface area contributed by atoms with E-state index in [1.165, 1.54) is 16.6 Å². The second-order valence-corrected chi connectivity index (χ2v) is 6.40. The monoisotopic (exact) mass is 330 g/mol. The summed E-state index contributed by atoms with van der Waals surface area (Å²) >= 11 is 12.6. The highest BCUT2D eigenvalue weighted by Crippen LogP contribution is 2.41. The molecule has 2 atom stereocenters. The molecule has 2 heterocycles. The molecule has 1 aliphatic heterocycles. The first-order valence-corrected chi connectivity index (χ1v) is 8.35. The Kier molecular flexibility index (Phi) is 3.61. The number of rotatable bonds is 2. The van der Waals surface area contributed by atoms with E-state index >= 15 is 0 Å². The number of fused-ring (bicyclic) bond motifs is 3. The van der Waals surface area contributed by atoms with Gasteiger partial charge in [-0.15, -0.1) is 11.6 Å². The highest BCUT2D eigenvalue weighted by Gasteiger charge is 2.31. The Labute approximate surface area is 139 Å². The lowest BCUT2D eigenvalue weighted by Crippen LogP contribution is -2.34. The lowest BCUT2D eigenvalue weighted by atomic mass is 9.85. The zero-order valence-corrected chi connectivity index (χ0v) is 13.5.